The summed E-state index contributed by atoms with van der Waals surface area (Å²) >= 11 is 0. The molecule has 0 aromatic rings. The molecular formula is C7H12O4. The van der Waals surface area contributed by atoms with Gasteiger partial charge >= 0.3 is 0 Å². The van der Waals surface area contributed by atoms with E-state index in [9.17, 15) is 5.11 Å². The monoisotopic (exact) mass is 160 g/mol. The summed E-state index contributed by atoms with van der Waals surface area (Å²) in [6, 6.07) is 0. The molecule has 0 saturated heterocycles. The summed E-state index contributed by atoms with van der Waals surface area (Å²) in [4.78, 5) is 0. The van der Waals surface area contributed by atoms with Crippen molar-refractivity contribution >= 4 is 0 Å². The molecule has 0 radical (unpaired) electrons. The number of aliphatic hydroxyl groups is 3. The van der Waals surface area contributed by atoms with E-state index >= 15 is 0 Å². The van der Waals surface area contributed by atoms with E-state index < -0.39 is 18.3 Å². The summed E-state index contributed by atoms with van der Waals surface area (Å²) < 4.78 is 5.02. The highest BCUT2D eigenvalue weighted by molar-refractivity contribution is 5.04. The zero-order chi connectivity index (χ0) is 8.43. The molecule has 1 rings (SSSR count). The van der Waals surface area contributed by atoms with Gasteiger partial charge in [-0.1, -0.05) is 0 Å². The molecule has 4 heteroatoms. The van der Waals surface area contributed by atoms with Gasteiger partial charge in [0.05, 0.1) is 12.4 Å². The number of rotatable bonds is 1. The molecule has 3 N–H and O–H groups in total. The van der Waals surface area contributed by atoms with E-state index in [1.807, 2.05) is 0 Å². The number of hydrogen-bond acceptors (Lipinski definition) is 4. The molecular weight excluding hydrogens is 148 g/mol. The van der Waals surface area contributed by atoms with Gasteiger partial charge in [0.25, 0.3) is 0 Å². The minimum Gasteiger partial charge on any atom is -0.490 e. The van der Waals surface area contributed by atoms with Crippen LogP contribution in [0.4, 0.5) is 0 Å². The second-order valence-electron chi connectivity index (χ2n) is 2.60. The summed E-state index contributed by atoms with van der Waals surface area (Å²) in [5.41, 5.74) is 0. The van der Waals surface area contributed by atoms with Gasteiger partial charge in [-0.15, -0.1) is 0 Å². The molecule has 0 spiro atoms. The topological polar surface area (TPSA) is 69.9 Å². The van der Waals surface area contributed by atoms with Crippen LogP contribution in [0.1, 0.15) is 6.92 Å². The van der Waals surface area contributed by atoms with Gasteiger partial charge in [-0.2, -0.15) is 0 Å². The van der Waals surface area contributed by atoms with Crippen LogP contribution in [0, 0.1) is 0 Å². The van der Waals surface area contributed by atoms with Gasteiger partial charge in [0.2, 0.25) is 0 Å². The fourth-order valence-electron chi connectivity index (χ4n) is 1.05. The number of ether oxygens (including phenoxy) is 1. The largest absolute Gasteiger partial charge is 0.490 e. The van der Waals surface area contributed by atoms with Gasteiger partial charge in [0.15, 0.2) is 0 Å². The maximum atomic E-state index is 9.18. The van der Waals surface area contributed by atoms with E-state index in [0.717, 1.165) is 0 Å². The molecule has 0 bridgehead atoms. The van der Waals surface area contributed by atoms with E-state index in [4.69, 9.17) is 14.9 Å². The third-order valence-corrected chi connectivity index (χ3v) is 1.65. The van der Waals surface area contributed by atoms with E-state index in [0.29, 0.717) is 5.76 Å². The van der Waals surface area contributed by atoms with Gasteiger partial charge in [-0.3, -0.25) is 0 Å². The van der Waals surface area contributed by atoms with Crippen LogP contribution in [0.5, 0.6) is 0 Å². The lowest BCUT2D eigenvalue weighted by molar-refractivity contribution is -0.0902. The minimum absolute atomic E-state index is 0.288. The van der Waals surface area contributed by atoms with Crippen molar-refractivity contribution in [2.45, 2.75) is 25.2 Å². The Hall–Kier alpha value is -0.580. The van der Waals surface area contributed by atoms with Crippen molar-refractivity contribution in [2.24, 2.45) is 0 Å². The fraction of sp³-hybridized carbons (Fsp3) is 0.714. The average Bonchev–Trinajstić information content (AvgIpc) is 1.96. The molecule has 0 aliphatic carbocycles. The first-order valence-corrected chi connectivity index (χ1v) is 3.47. The van der Waals surface area contributed by atoms with Crippen molar-refractivity contribution in [2.75, 3.05) is 6.61 Å². The van der Waals surface area contributed by atoms with Gasteiger partial charge in [-0.05, 0) is 13.0 Å². The predicted octanol–water partition coefficient (Wildman–Crippen LogP) is -0.997. The quantitative estimate of drug-likeness (QED) is 0.460. The zero-order valence-electron chi connectivity index (χ0n) is 6.27. The van der Waals surface area contributed by atoms with Crippen LogP contribution in [0.2, 0.25) is 0 Å². The van der Waals surface area contributed by atoms with Gasteiger partial charge in [0.1, 0.15) is 18.3 Å². The second-order valence-corrected chi connectivity index (χ2v) is 2.60. The summed E-state index contributed by atoms with van der Waals surface area (Å²) in [7, 11) is 0. The highest BCUT2D eigenvalue weighted by Gasteiger charge is 2.30. The Bertz CT molecular complexity index is 166. The standard InChI is InChI=1S/C7H12O4/c1-4-2-5(9)7(10)6(3-8)11-4/h2,5-10H,3H2,1H3. The van der Waals surface area contributed by atoms with E-state index in [2.05, 4.69) is 0 Å². The van der Waals surface area contributed by atoms with Crippen molar-refractivity contribution in [3.63, 3.8) is 0 Å². The molecule has 0 fully saturated rings. The summed E-state index contributed by atoms with van der Waals surface area (Å²) in [6.07, 6.45) is -1.24. The third kappa shape index (κ3) is 1.71. The summed E-state index contributed by atoms with van der Waals surface area (Å²) in [5.74, 6) is 0.529. The Balaban J connectivity index is 2.67. The van der Waals surface area contributed by atoms with Crippen molar-refractivity contribution in [1.82, 2.24) is 0 Å². The molecule has 11 heavy (non-hydrogen) atoms. The van der Waals surface area contributed by atoms with Crippen LogP contribution < -0.4 is 0 Å². The highest BCUT2D eigenvalue weighted by atomic mass is 16.5. The van der Waals surface area contributed by atoms with Crippen LogP contribution in [0.15, 0.2) is 11.8 Å². The van der Waals surface area contributed by atoms with Crippen LogP contribution >= 0.6 is 0 Å². The lowest BCUT2D eigenvalue weighted by Gasteiger charge is -2.29. The van der Waals surface area contributed by atoms with Crippen molar-refractivity contribution in [3.05, 3.63) is 11.8 Å². The average molecular weight is 160 g/mol. The molecule has 0 saturated carbocycles. The first kappa shape index (κ1) is 8.52. The Kier molecular flexibility index (Phi) is 2.49. The van der Waals surface area contributed by atoms with E-state index in [1.54, 1.807) is 6.92 Å². The van der Waals surface area contributed by atoms with Crippen molar-refractivity contribution in [1.29, 1.82) is 0 Å². The van der Waals surface area contributed by atoms with E-state index in [-0.39, 0.29) is 6.61 Å². The SMILES string of the molecule is CC1=CC(O)C(O)C(CO)O1. The molecule has 1 aliphatic heterocycles. The molecule has 3 atom stereocenters. The van der Waals surface area contributed by atoms with Gasteiger partial charge in [-0.25, -0.2) is 0 Å². The van der Waals surface area contributed by atoms with Crippen molar-refractivity contribution in [3.8, 4) is 0 Å². The molecule has 0 aromatic carbocycles. The van der Waals surface area contributed by atoms with Crippen molar-refractivity contribution < 1.29 is 20.1 Å². The lowest BCUT2D eigenvalue weighted by atomic mass is 10.1. The number of aliphatic hydroxyl groups excluding tert-OH is 3. The molecule has 0 amide bonds. The van der Waals surface area contributed by atoms with Gasteiger partial charge < -0.3 is 20.1 Å². The van der Waals surface area contributed by atoms with Crippen LogP contribution in [-0.2, 0) is 4.74 Å². The van der Waals surface area contributed by atoms with E-state index in [1.165, 1.54) is 6.08 Å². The molecule has 4 nitrogen and oxygen atoms in total. The van der Waals surface area contributed by atoms with Crippen LogP contribution in [0.3, 0.4) is 0 Å². The number of allylic oxidation sites excluding steroid dienone is 1. The Morgan fingerprint density at radius 1 is 1.55 bits per heavy atom. The maximum Gasteiger partial charge on any atom is 0.150 e. The predicted molar refractivity (Wildman–Crippen MR) is 37.7 cm³/mol. The lowest BCUT2D eigenvalue weighted by Crippen LogP contribution is -2.43. The first-order chi connectivity index (χ1) is 5.15. The second kappa shape index (κ2) is 3.21. The molecule has 1 aliphatic rings. The Morgan fingerprint density at radius 2 is 2.18 bits per heavy atom. The molecule has 1 heterocycles. The normalized spacial score (nSPS) is 37.8. The molecule has 0 aromatic heterocycles. The fourth-order valence-corrected chi connectivity index (χ4v) is 1.05. The minimum atomic E-state index is -1.02. The molecule has 3 unspecified atom stereocenters. The maximum absolute atomic E-state index is 9.18. The smallest absolute Gasteiger partial charge is 0.150 e. The third-order valence-electron chi connectivity index (χ3n) is 1.65. The Labute approximate surface area is 64.7 Å². The van der Waals surface area contributed by atoms with Crippen LogP contribution in [0.25, 0.3) is 0 Å². The Morgan fingerprint density at radius 3 is 2.73 bits per heavy atom. The first-order valence-electron chi connectivity index (χ1n) is 3.47. The van der Waals surface area contributed by atoms with Crippen LogP contribution in [-0.4, -0.2) is 40.2 Å². The summed E-state index contributed by atoms with van der Waals surface area (Å²) in [6.45, 7) is 1.38. The molecule has 64 valence electrons. The number of hydrogen-bond donors (Lipinski definition) is 3. The summed E-state index contributed by atoms with van der Waals surface area (Å²) in [5, 5.41) is 27.0. The van der Waals surface area contributed by atoms with Gasteiger partial charge in [0, 0.05) is 0 Å². The highest BCUT2D eigenvalue weighted by Crippen LogP contribution is 2.16. The zero-order valence-corrected chi connectivity index (χ0v) is 6.27.